The second-order valence-electron chi connectivity index (χ2n) is 4.32. The van der Waals surface area contributed by atoms with Crippen LogP contribution in [0.15, 0.2) is 0 Å². The quantitative estimate of drug-likeness (QED) is 0.755. The van der Waals surface area contributed by atoms with E-state index in [0.717, 1.165) is 37.2 Å². The summed E-state index contributed by atoms with van der Waals surface area (Å²) in [4.78, 5) is 0. The Bertz CT molecular complexity index is 206. The third kappa shape index (κ3) is 2.55. The summed E-state index contributed by atoms with van der Waals surface area (Å²) in [5.41, 5.74) is 0. The van der Waals surface area contributed by atoms with E-state index in [1.54, 1.807) is 7.11 Å². The molecule has 0 aromatic rings. The van der Waals surface area contributed by atoms with Gasteiger partial charge < -0.3 is 10.1 Å². The van der Waals surface area contributed by atoms with Crippen LogP contribution < -0.4 is 5.32 Å². The van der Waals surface area contributed by atoms with Crippen LogP contribution >= 0.6 is 0 Å². The van der Waals surface area contributed by atoms with Crippen molar-refractivity contribution < 1.29 is 8.95 Å². The second kappa shape index (κ2) is 4.73. The number of ether oxygens (including phenoxy) is 1. The summed E-state index contributed by atoms with van der Waals surface area (Å²) in [6, 6.07) is 1.26. The van der Waals surface area contributed by atoms with E-state index >= 15 is 0 Å². The van der Waals surface area contributed by atoms with E-state index in [-0.39, 0.29) is 0 Å². The van der Waals surface area contributed by atoms with Gasteiger partial charge in [-0.3, -0.25) is 4.21 Å². The first-order valence-corrected chi connectivity index (χ1v) is 6.90. The summed E-state index contributed by atoms with van der Waals surface area (Å²) in [5, 5.41) is 3.63. The van der Waals surface area contributed by atoms with Crippen molar-refractivity contribution >= 4 is 10.8 Å². The van der Waals surface area contributed by atoms with Gasteiger partial charge in [0, 0.05) is 41.5 Å². The molecule has 1 aliphatic heterocycles. The summed E-state index contributed by atoms with van der Waals surface area (Å²) in [6.07, 6.45) is 4.94. The number of rotatable bonds is 3. The molecular weight excluding hydrogens is 198 g/mol. The molecule has 4 heteroatoms. The Labute approximate surface area is 88.0 Å². The summed E-state index contributed by atoms with van der Waals surface area (Å²) in [5.74, 6) is 1.77. The molecule has 0 bridgehead atoms. The smallest absolute Gasteiger partial charge is 0.0601 e. The predicted molar refractivity (Wildman–Crippen MR) is 57.9 cm³/mol. The standard InChI is InChI=1S/C10H19NO2S/c1-13-10-6-9(7-10)11-8-2-4-14(12)5-3-8/h8-11H,2-7H2,1H3. The highest BCUT2D eigenvalue weighted by atomic mass is 32.2. The van der Waals surface area contributed by atoms with E-state index in [1.807, 2.05) is 0 Å². The molecule has 1 N–H and O–H groups in total. The Hall–Kier alpha value is 0.0700. The Morgan fingerprint density at radius 1 is 1.21 bits per heavy atom. The zero-order valence-corrected chi connectivity index (χ0v) is 9.52. The molecule has 0 radical (unpaired) electrons. The lowest BCUT2D eigenvalue weighted by Gasteiger charge is -2.38. The summed E-state index contributed by atoms with van der Waals surface area (Å²) in [6.45, 7) is 0. The fraction of sp³-hybridized carbons (Fsp3) is 1.00. The van der Waals surface area contributed by atoms with Crippen LogP contribution in [0.1, 0.15) is 25.7 Å². The van der Waals surface area contributed by atoms with Crippen molar-refractivity contribution in [3.63, 3.8) is 0 Å². The first kappa shape index (κ1) is 10.6. The maximum atomic E-state index is 11.1. The minimum absolute atomic E-state index is 0.477. The SMILES string of the molecule is COC1CC(NC2CCS(=O)CC2)C1. The highest BCUT2D eigenvalue weighted by molar-refractivity contribution is 7.85. The first-order chi connectivity index (χ1) is 6.78. The van der Waals surface area contributed by atoms with Crippen LogP contribution in [0.25, 0.3) is 0 Å². The monoisotopic (exact) mass is 217 g/mol. The number of hydrogen-bond donors (Lipinski definition) is 1. The molecule has 14 heavy (non-hydrogen) atoms. The van der Waals surface area contributed by atoms with E-state index in [1.165, 1.54) is 0 Å². The van der Waals surface area contributed by atoms with Crippen LogP contribution in [0.2, 0.25) is 0 Å². The molecule has 1 heterocycles. The zero-order chi connectivity index (χ0) is 9.97. The molecule has 2 aliphatic rings. The molecule has 82 valence electrons. The number of methoxy groups -OCH3 is 1. The Morgan fingerprint density at radius 2 is 1.86 bits per heavy atom. The van der Waals surface area contributed by atoms with Gasteiger partial charge >= 0.3 is 0 Å². The van der Waals surface area contributed by atoms with Crippen molar-refractivity contribution in [3.8, 4) is 0 Å². The van der Waals surface area contributed by atoms with E-state index in [2.05, 4.69) is 5.32 Å². The van der Waals surface area contributed by atoms with Gasteiger partial charge in [0.05, 0.1) is 6.10 Å². The van der Waals surface area contributed by atoms with Crippen molar-refractivity contribution in [2.75, 3.05) is 18.6 Å². The van der Waals surface area contributed by atoms with Gasteiger partial charge in [-0.05, 0) is 25.7 Å². The molecule has 0 aromatic heterocycles. The second-order valence-corrected chi connectivity index (χ2v) is 6.01. The minimum Gasteiger partial charge on any atom is -0.381 e. The molecule has 0 unspecified atom stereocenters. The van der Waals surface area contributed by atoms with Crippen molar-refractivity contribution in [1.29, 1.82) is 0 Å². The third-order valence-electron chi connectivity index (χ3n) is 3.29. The summed E-state index contributed by atoms with van der Waals surface area (Å²) < 4.78 is 16.4. The zero-order valence-electron chi connectivity index (χ0n) is 8.70. The van der Waals surface area contributed by atoms with Crippen molar-refractivity contribution in [3.05, 3.63) is 0 Å². The van der Waals surface area contributed by atoms with Crippen LogP contribution in [-0.2, 0) is 15.5 Å². The Balaban J connectivity index is 1.64. The van der Waals surface area contributed by atoms with Gasteiger partial charge in [0.1, 0.15) is 0 Å². The van der Waals surface area contributed by atoms with E-state index < -0.39 is 10.8 Å². The van der Waals surface area contributed by atoms with Gasteiger partial charge in [0.15, 0.2) is 0 Å². The van der Waals surface area contributed by atoms with E-state index in [9.17, 15) is 4.21 Å². The van der Waals surface area contributed by atoms with Gasteiger partial charge in [-0.25, -0.2) is 0 Å². The topological polar surface area (TPSA) is 38.3 Å². The predicted octanol–water partition coefficient (Wildman–Crippen LogP) is 0.664. The lowest BCUT2D eigenvalue weighted by molar-refractivity contribution is 0.0139. The molecule has 3 nitrogen and oxygen atoms in total. The van der Waals surface area contributed by atoms with E-state index in [4.69, 9.17) is 4.74 Å². The van der Waals surface area contributed by atoms with Crippen LogP contribution in [0.3, 0.4) is 0 Å². The van der Waals surface area contributed by atoms with Crippen molar-refractivity contribution in [2.45, 2.75) is 43.9 Å². The summed E-state index contributed by atoms with van der Waals surface area (Å²) >= 11 is 0. The Kier molecular flexibility index (Phi) is 3.57. The van der Waals surface area contributed by atoms with Crippen LogP contribution in [0, 0.1) is 0 Å². The van der Waals surface area contributed by atoms with Crippen molar-refractivity contribution in [1.82, 2.24) is 5.32 Å². The van der Waals surface area contributed by atoms with Gasteiger partial charge in [-0.15, -0.1) is 0 Å². The maximum absolute atomic E-state index is 11.1. The molecule has 0 amide bonds. The number of hydrogen-bond acceptors (Lipinski definition) is 3. The third-order valence-corrected chi connectivity index (χ3v) is 4.67. The van der Waals surface area contributed by atoms with Gasteiger partial charge in [0.25, 0.3) is 0 Å². The van der Waals surface area contributed by atoms with Crippen molar-refractivity contribution in [2.24, 2.45) is 0 Å². The van der Waals surface area contributed by atoms with E-state index in [0.29, 0.717) is 18.2 Å². The molecule has 0 atom stereocenters. The first-order valence-electron chi connectivity index (χ1n) is 5.41. The van der Waals surface area contributed by atoms with Crippen LogP contribution in [0.4, 0.5) is 0 Å². The highest BCUT2D eigenvalue weighted by Crippen LogP contribution is 2.24. The highest BCUT2D eigenvalue weighted by Gasteiger charge is 2.31. The van der Waals surface area contributed by atoms with Gasteiger partial charge in [0.2, 0.25) is 0 Å². The average molecular weight is 217 g/mol. The molecule has 1 aliphatic carbocycles. The largest absolute Gasteiger partial charge is 0.381 e. The van der Waals surface area contributed by atoms with Crippen LogP contribution in [-0.4, -0.2) is 41.0 Å². The molecule has 1 saturated heterocycles. The fourth-order valence-corrected chi connectivity index (χ4v) is 3.49. The van der Waals surface area contributed by atoms with Gasteiger partial charge in [-0.2, -0.15) is 0 Å². The lowest BCUT2D eigenvalue weighted by atomic mass is 9.88. The molecule has 2 rings (SSSR count). The Morgan fingerprint density at radius 3 is 2.43 bits per heavy atom. The fourth-order valence-electron chi connectivity index (χ4n) is 2.19. The molecule has 0 aromatic carbocycles. The van der Waals surface area contributed by atoms with Crippen LogP contribution in [0.5, 0.6) is 0 Å². The molecular formula is C10H19NO2S. The maximum Gasteiger partial charge on any atom is 0.0601 e. The number of nitrogens with one attached hydrogen (secondary N) is 1. The molecule has 0 spiro atoms. The summed E-state index contributed by atoms with van der Waals surface area (Å²) in [7, 11) is 1.25. The van der Waals surface area contributed by atoms with Gasteiger partial charge in [-0.1, -0.05) is 0 Å². The lowest BCUT2D eigenvalue weighted by Crippen LogP contribution is -2.50. The normalized spacial score (nSPS) is 43.2. The average Bonchev–Trinajstić information content (AvgIpc) is 2.13. The minimum atomic E-state index is -0.533. The molecule has 1 saturated carbocycles. The molecule has 2 fully saturated rings.